The van der Waals surface area contributed by atoms with E-state index in [-0.39, 0.29) is 11.3 Å². The molecule has 0 spiro atoms. The molecule has 0 atom stereocenters. The van der Waals surface area contributed by atoms with Gasteiger partial charge in [0.1, 0.15) is 0 Å². The predicted molar refractivity (Wildman–Crippen MR) is 80.0 cm³/mol. The molecule has 3 nitrogen and oxygen atoms in total. The van der Waals surface area contributed by atoms with Gasteiger partial charge in [0.15, 0.2) is 0 Å². The van der Waals surface area contributed by atoms with Crippen LogP contribution in [0.5, 0.6) is 0 Å². The predicted octanol–water partition coefficient (Wildman–Crippen LogP) is 2.60. The van der Waals surface area contributed by atoms with E-state index in [0.29, 0.717) is 19.5 Å². The molecule has 0 aliphatic carbocycles. The van der Waals surface area contributed by atoms with Crippen LogP contribution in [0.25, 0.3) is 0 Å². The van der Waals surface area contributed by atoms with Crippen molar-refractivity contribution in [3.63, 3.8) is 0 Å². The van der Waals surface area contributed by atoms with E-state index in [4.69, 9.17) is 5.73 Å². The molecular formula is C16H26N2O. The first kappa shape index (κ1) is 15.7. The molecule has 0 heterocycles. The van der Waals surface area contributed by atoms with Crippen molar-refractivity contribution in [2.24, 2.45) is 5.73 Å². The zero-order chi connectivity index (χ0) is 14.6. The van der Waals surface area contributed by atoms with E-state index in [2.05, 4.69) is 45.9 Å². The van der Waals surface area contributed by atoms with E-state index in [1.807, 2.05) is 7.05 Å². The summed E-state index contributed by atoms with van der Waals surface area (Å²) in [4.78, 5) is 13.5. The minimum Gasteiger partial charge on any atom is -0.341 e. The summed E-state index contributed by atoms with van der Waals surface area (Å²) in [5, 5.41) is 0. The molecular weight excluding hydrogens is 236 g/mol. The normalized spacial score (nSPS) is 11.5. The second kappa shape index (κ2) is 6.20. The Morgan fingerprint density at radius 2 is 1.95 bits per heavy atom. The average Bonchev–Trinajstić information content (AvgIpc) is 2.30. The lowest BCUT2D eigenvalue weighted by atomic mass is 9.85. The lowest BCUT2D eigenvalue weighted by Gasteiger charge is -2.22. The third-order valence-electron chi connectivity index (χ3n) is 3.40. The summed E-state index contributed by atoms with van der Waals surface area (Å²) >= 11 is 0. The van der Waals surface area contributed by atoms with Crippen LogP contribution in [0.15, 0.2) is 18.2 Å². The van der Waals surface area contributed by atoms with Crippen molar-refractivity contribution in [2.45, 2.75) is 46.1 Å². The summed E-state index contributed by atoms with van der Waals surface area (Å²) in [7, 11) is 1.83. The van der Waals surface area contributed by atoms with Crippen molar-refractivity contribution in [1.29, 1.82) is 0 Å². The van der Waals surface area contributed by atoms with E-state index in [9.17, 15) is 4.79 Å². The molecule has 0 aliphatic rings. The van der Waals surface area contributed by atoms with Crippen molar-refractivity contribution in [1.82, 2.24) is 4.90 Å². The van der Waals surface area contributed by atoms with Gasteiger partial charge in [-0.1, -0.05) is 39.0 Å². The largest absolute Gasteiger partial charge is 0.341 e. The highest BCUT2D eigenvalue weighted by molar-refractivity contribution is 5.76. The number of hydrogen-bond acceptors (Lipinski definition) is 2. The van der Waals surface area contributed by atoms with Crippen LogP contribution in [-0.2, 0) is 16.8 Å². The average molecular weight is 262 g/mol. The lowest BCUT2D eigenvalue weighted by molar-refractivity contribution is -0.130. The fourth-order valence-corrected chi connectivity index (χ4v) is 2.00. The number of nitrogens with two attached hydrogens (primary N) is 1. The smallest absolute Gasteiger partial charge is 0.223 e. The van der Waals surface area contributed by atoms with Crippen molar-refractivity contribution < 1.29 is 4.79 Å². The molecule has 0 aromatic heterocycles. The number of carbonyl (C=O) groups is 1. The molecule has 1 aromatic carbocycles. The number of benzene rings is 1. The zero-order valence-corrected chi connectivity index (χ0v) is 12.8. The van der Waals surface area contributed by atoms with E-state index < -0.39 is 0 Å². The molecule has 106 valence electrons. The molecule has 0 fully saturated rings. The number of rotatable bonds is 4. The monoisotopic (exact) mass is 262 g/mol. The van der Waals surface area contributed by atoms with Crippen LogP contribution >= 0.6 is 0 Å². The third-order valence-corrected chi connectivity index (χ3v) is 3.40. The van der Waals surface area contributed by atoms with Crippen molar-refractivity contribution in [3.05, 3.63) is 34.9 Å². The maximum atomic E-state index is 11.7. The molecule has 0 radical (unpaired) electrons. The van der Waals surface area contributed by atoms with Crippen molar-refractivity contribution >= 4 is 5.91 Å². The molecule has 3 heteroatoms. The maximum absolute atomic E-state index is 11.7. The number of nitrogens with zero attached hydrogens (tertiary/aromatic N) is 1. The third kappa shape index (κ3) is 4.35. The highest BCUT2D eigenvalue weighted by Gasteiger charge is 2.15. The fourth-order valence-electron chi connectivity index (χ4n) is 2.00. The maximum Gasteiger partial charge on any atom is 0.223 e. The van der Waals surface area contributed by atoms with Gasteiger partial charge in [-0.3, -0.25) is 4.79 Å². The summed E-state index contributed by atoms with van der Waals surface area (Å²) in [5.74, 6) is 0.0989. The van der Waals surface area contributed by atoms with Gasteiger partial charge in [0.2, 0.25) is 5.91 Å². The summed E-state index contributed by atoms with van der Waals surface area (Å²) in [6, 6.07) is 6.50. The summed E-state index contributed by atoms with van der Waals surface area (Å²) in [5.41, 5.74) is 9.32. The van der Waals surface area contributed by atoms with E-state index in [1.54, 1.807) is 4.90 Å². The summed E-state index contributed by atoms with van der Waals surface area (Å²) in [6.07, 6.45) is 0.412. The molecule has 19 heavy (non-hydrogen) atoms. The lowest BCUT2D eigenvalue weighted by Crippen LogP contribution is -2.28. The van der Waals surface area contributed by atoms with Crippen LogP contribution in [0.2, 0.25) is 0 Å². The second-order valence-corrected chi connectivity index (χ2v) is 6.18. The number of carbonyl (C=O) groups excluding carboxylic acids is 1. The standard InChI is InChI=1S/C16H26N2O/c1-12-10-14(16(2,3)4)7-6-13(12)11-18(5)15(19)8-9-17/h6-7,10H,8-9,11,17H2,1-5H3. The van der Waals surface area contributed by atoms with Gasteiger partial charge in [0, 0.05) is 26.6 Å². The molecule has 0 bridgehead atoms. The highest BCUT2D eigenvalue weighted by Crippen LogP contribution is 2.24. The molecule has 1 amide bonds. The van der Waals surface area contributed by atoms with E-state index in [0.717, 1.165) is 0 Å². The molecule has 1 aromatic rings. The first-order chi connectivity index (χ1) is 8.75. The Kier molecular flexibility index (Phi) is 5.12. The fraction of sp³-hybridized carbons (Fsp3) is 0.562. The molecule has 1 rings (SSSR count). The van der Waals surface area contributed by atoms with Crippen LogP contribution < -0.4 is 5.73 Å². The molecule has 0 aliphatic heterocycles. The second-order valence-electron chi connectivity index (χ2n) is 6.18. The number of hydrogen-bond donors (Lipinski definition) is 1. The number of amides is 1. The Hall–Kier alpha value is -1.35. The van der Waals surface area contributed by atoms with Crippen molar-refractivity contribution in [3.8, 4) is 0 Å². The van der Waals surface area contributed by atoms with Gasteiger partial charge >= 0.3 is 0 Å². The van der Waals surface area contributed by atoms with Crippen LogP contribution in [0, 0.1) is 6.92 Å². The van der Waals surface area contributed by atoms with Gasteiger partial charge in [0.05, 0.1) is 0 Å². The SMILES string of the molecule is Cc1cc(C(C)(C)C)ccc1CN(C)C(=O)CCN. The van der Waals surface area contributed by atoms with Crippen LogP contribution in [0.1, 0.15) is 43.9 Å². The van der Waals surface area contributed by atoms with E-state index >= 15 is 0 Å². The Morgan fingerprint density at radius 3 is 2.42 bits per heavy atom. The Bertz CT molecular complexity index is 447. The minimum atomic E-state index is 0.0989. The zero-order valence-electron chi connectivity index (χ0n) is 12.8. The molecule has 0 unspecified atom stereocenters. The number of aryl methyl sites for hydroxylation is 1. The summed E-state index contributed by atoms with van der Waals surface area (Å²) in [6.45, 7) is 9.78. The highest BCUT2D eigenvalue weighted by atomic mass is 16.2. The molecule has 2 N–H and O–H groups in total. The topological polar surface area (TPSA) is 46.3 Å². The first-order valence-electron chi connectivity index (χ1n) is 6.79. The minimum absolute atomic E-state index is 0.0989. The van der Waals surface area contributed by atoms with Gasteiger partial charge in [-0.15, -0.1) is 0 Å². The Balaban J connectivity index is 2.83. The Labute approximate surface area is 116 Å². The van der Waals surface area contributed by atoms with E-state index in [1.165, 1.54) is 16.7 Å². The summed E-state index contributed by atoms with van der Waals surface area (Å²) < 4.78 is 0. The van der Waals surface area contributed by atoms with Gasteiger partial charge in [-0.2, -0.15) is 0 Å². The van der Waals surface area contributed by atoms with Gasteiger partial charge in [0.25, 0.3) is 0 Å². The van der Waals surface area contributed by atoms with Crippen LogP contribution in [-0.4, -0.2) is 24.4 Å². The van der Waals surface area contributed by atoms with Crippen LogP contribution in [0.3, 0.4) is 0 Å². The molecule has 0 saturated carbocycles. The molecule has 0 saturated heterocycles. The van der Waals surface area contributed by atoms with Crippen LogP contribution in [0.4, 0.5) is 0 Å². The van der Waals surface area contributed by atoms with Gasteiger partial charge < -0.3 is 10.6 Å². The Morgan fingerprint density at radius 1 is 1.32 bits per heavy atom. The first-order valence-corrected chi connectivity index (χ1v) is 6.79. The van der Waals surface area contributed by atoms with Gasteiger partial charge in [-0.05, 0) is 29.0 Å². The quantitative estimate of drug-likeness (QED) is 0.906. The van der Waals surface area contributed by atoms with Gasteiger partial charge in [-0.25, -0.2) is 0 Å². The van der Waals surface area contributed by atoms with Crippen molar-refractivity contribution in [2.75, 3.05) is 13.6 Å².